The average Bonchev–Trinajstić information content (AvgIpc) is 3.03. The Balaban J connectivity index is 1.60. The molecule has 2 aromatic rings. The third-order valence-electron chi connectivity index (χ3n) is 8.95. The van der Waals surface area contributed by atoms with Gasteiger partial charge in [0.25, 0.3) is 5.91 Å². The molecule has 2 heterocycles. The van der Waals surface area contributed by atoms with Crippen LogP contribution in [0.3, 0.4) is 0 Å². The standard InChI is InChI=1S/C37H46ClN3O5S/c1-37(2,3)19-18-35(42)39-47(44)21-9-5-6-11-33(45-4)31-16-13-29(31)25-41-24-28-12-15-30(38)22-26(28)10-7-8-20-46-34-17-14-27(23-32(34)41)36(43)40-47/h6,11-12,14-15,17,22-23,29,31,33H,5,7-10,13,16,20-21,24-25H2,1-4H3,(H,39,40,42,43,44)/b11-6+/t29-,31+,33-,47?/m0/s1. The summed E-state index contributed by atoms with van der Waals surface area (Å²) in [6.45, 7) is 7.52. The van der Waals surface area contributed by atoms with Crippen molar-refractivity contribution < 1.29 is 23.3 Å². The molecule has 252 valence electrons. The summed E-state index contributed by atoms with van der Waals surface area (Å²) < 4.78 is 33.0. The van der Waals surface area contributed by atoms with Gasteiger partial charge >= 0.3 is 5.91 Å². The minimum atomic E-state index is -3.47. The van der Waals surface area contributed by atoms with E-state index in [0.29, 0.717) is 48.6 Å². The minimum Gasteiger partial charge on any atom is -0.491 e. The molecule has 1 fully saturated rings. The largest absolute Gasteiger partial charge is 0.491 e. The molecular formula is C37H46ClN3O5S. The second-order valence-electron chi connectivity index (χ2n) is 13.7. The number of nitrogens with one attached hydrogen (secondary N) is 1. The molecule has 3 aliphatic rings. The fraction of sp³-hybridized carbons (Fsp3) is 0.514. The number of methoxy groups -OCH3 is 1. The molecule has 0 aromatic heterocycles. The molecule has 0 radical (unpaired) electrons. The lowest BCUT2D eigenvalue weighted by Gasteiger charge is -2.43. The summed E-state index contributed by atoms with van der Waals surface area (Å²) in [5, 5.41) is 0.714. The van der Waals surface area contributed by atoms with E-state index < -0.39 is 27.1 Å². The molecule has 0 saturated heterocycles. The third kappa shape index (κ3) is 9.40. The fourth-order valence-corrected chi connectivity index (χ4v) is 8.04. The number of halogens is 1. The van der Waals surface area contributed by atoms with E-state index in [1.807, 2.05) is 39.0 Å². The normalized spacial score (nSPS) is 25.9. The van der Waals surface area contributed by atoms with Gasteiger partial charge in [-0.15, -0.1) is 4.36 Å². The third-order valence-corrected chi connectivity index (χ3v) is 11.0. The number of carbonyl (C=O) groups excluding carboxylic acids is 2. The van der Waals surface area contributed by atoms with Crippen molar-refractivity contribution in [1.82, 2.24) is 4.72 Å². The molecule has 0 spiro atoms. The van der Waals surface area contributed by atoms with E-state index in [-0.39, 0.29) is 17.4 Å². The molecule has 47 heavy (non-hydrogen) atoms. The smallest absolute Gasteiger partial charge is 0.308 e. The van der Waals surface area contributed by atoms with Gasteiger partial charge in [0.1, 0.15) is 15.7 Å². The van der Waals surface area contributed by atoms with E-state index in [9.17, 15) is 13.8 Å². The maximum atomic E-state index is 14.1. The number of rotatable bonds is 2. The van der Waals surface area contributed by atoms with Crippen LogP contribution in [0, 0.1) is 29.1 Å². The van der Waals surface area contributed by atoms with Crippen LogP contribution in [0.1, 0.15) is 80.8 Å². The number of ether oxygens (including phenoxy) is 2. The Labute approximate surface area is 284 Å². The Morgan fingerprint density at radius 2 is 1.96 bits per heavy atom. The molecule has 1 saturated carbocycles. The highest BCUT2D eigenvalue weighted by Gasteiger charge is 2.38. The second-order valence-corrected chi connectivity index (χ2v) is 16.2. The van der Waals surface area contributed by atoms with Gasteiger partial charge in [-0.05, 0) is 125 Å². The van der Waals surface area contributed by atoms with Crippen molar-refractivity contribution in [2.24, 2.45) is 21.6 Å². The summed E-state index contributed by atoms with van der Waals surface area (Å²) in [4.78, 5) is 28.8. The number of benzene rings is 2. The van der Waals surface area contributed by atoms with E-state index in [0.717, 1.165) is 44.3 Å². The maximum Gasteiger partial charge on any atom is 0.308 e. The number of anilines is 1. The van der Waals surface area contributed by atoms with E-state index in [1.165, 1.54) is 11.1 Å². The van der Waals surface area contributed by atoms with E-state index in [4.69, 9.17) is 21.1 Å². The van der Waals surface area contributed by atoms with Gasteiger partial charge in [-0.2, -0.15) is 0 Å². The zero-order valence-electron chi connectivity index (χ0n) is 27.9. The molecule has 5 rings (SSSR count). The number of aryl methyl sites for hydroxylation is 1. The van der Waals surface area contributed by atoms with Crippen LogP contribution in [0.2, 0.25) is 5.02 Å². The van der Waals surface area contributed by atoms with Crippen LogP contribution in [-0.4, -0.2) is 48.1 Å². The number of hydrogen-bond acceptors (Lipinski definition) is 6. The van der Waals surface area contributed by atoms with Crippen molar-refractivity contribution in [2.75, 3.05) is 30.9 Å². The van der Waals surface area contributed by atoms with Crippen molar-refractivity contribution in [3.05, 3.63) is 70.3 Å². The topological polar surface area (TPSA) is 97.3 Å². The fourth-order valence-electron chi connectivity index (χ4n) is 6.34. The van der Waals surface area contributed by atoms with E-state index in [1.54, 1.807) is 19.2 Å². The Bertz CT molecular complexity index is 1700. The quantitative estimate of drug-likeness (QED) is 0.268. The number of fused-ring (bicyclic) bond motifs is 3. The highest BCUT2D eigenvalue weighted by Crippen LogP contribution is 2.42. The molecule has 2 aliphatic heterocycles. The van der Waals surface area contributed by atoms with Gasteiger partial charge < -0.3 is 14.4 Å². The number of hydrogen-bond donors (Lipinski definition) is 1. The van der Waals surface area contributed by atoms with Gasteiger partial charge in [-0.1, -0.05) is 35.7 Å². The van der Waals surface area contributed by atoms with Gasteiger partial charge in [0.15, 0.2) is 0 Å². The number of amides is 2. The van der Waals surface area contributed by atoms with Gasteiger partial charge in [-0.3, -0.25) is 14.3 Å². The number of nitrogens with zero attached hydrogens (tertiary/aromatic N) is 2. The number of carbonyl (C=O) groups is 2. The first-order chi connectivity index (χ1) is 22.4. The first kappa shape index (κ1) is 35.0. The van der Waals surface area contributed by atoms with Crippen LogP contribution < -0.4 is 14.4 Å². The van der Waals surface area contributed by atoms with Crippen LogP contribution >= 0.6 is 11.6 Å². The minimum absolute atomic E-state index is 0.00917. The van der Waals surface area contributed by atoms with Gasteiger partial charge in [0.05, 0.1) is 24.2 Å². The Morgan fingerprint density at radius 1 is 1.13 bits per heavy atom. The van der Waals surface area contributed by atoms with Crippen LogP contribution in [0.4, 0.5) is 5.69 Å². The predicted molar refractivity (Wildman–Crippen MR) is 188 cm³/mol. The Hall–Kier alpha value is -3.32. The second kappa shape index (κ2) is 15.3. The zero-order chi connectivity index (χ0) is 33.6. The van der Waals surface area contributed by atoms with Gasteiger partial charge in [0, 0.05) is 36.2 Å². The van der Waals surface area contributed by atoms with Crippen molar-refractivity contribution in [1.29, 1.82) is 0 Å². The monoisotopic (exact) mass is 679 g/mol. The van der Waals surface area contributed by atoms with E-state index >= 15 is 0 Å². The summed E-state index contributed by atoms with van der Waals surface area (Å²) >= 11 is 6.44. The molecule has 1 aliphatic carbocycles. The van der Waals surface area contributed by atoms with Crippen LogP contribution in [0.15, 0.2) is 52.9 Å². The first-order valence-corrected chi connectivity index (χ1v) is 18.6. The van der Waals surface area contributed by atoms with Gasteiger partial charge in [-0.25, -0.2) is 4.21 Å². The van der Waals surface area contributed by atoms with E-state index in [2.05, 4.69) is 44.0 Å². The SMILES string of the molecule is CO[C@H]1/C=C/CCCS(=O)(NC(=O)C#CC(C)(C)C)=NC(=O)c2ccc3c(c2)N(Cc2ccc(Cl)cc2CCCCO3)C[C@@H]2CC[C@H]21. The molecule has 2 bridgehead atoms. The van der Waals surface area contributed by atoms with Crippen molar-refractivity contribution in [3.8, 4) is 17.6 Å². The Morgan fingerprint density at radius 3 is 2.70 bits per heavy atom. The maximum absolute atomic E-state index is 14.1. The van der Waals surface area contributed by atoms with Crippen molar-refractivity contribution >= 4 is 39.0 Å². The molecule has 10 heteroatoms. The van der Waals surface area contributed by atoms with Crippen LogP contribution in [0.25, 0.3) is 0 Å². The lowest BCUT2D eigenvalue weighted by molar-refractivity contribution is -0.114. The lowest BCUT2D eigenvalue weighted by atomic mass is 9.70. The molecule has 8 nitrogen and oxygen atoms in total. The highest BCUT2D eigenvalue weighted by molar-refractivity contribution is 7.92. The summed E-state index contributed by atoms with van der Waals surface area (Å²) in [6.07, 6.45) is 10.0. The van der Waals surface area contributed by atoms with Crippen LogP contribution in [0.5, 0.6) is 5.75 Å². The Kier molecular flexibility index (Phi) is 11.4. The molecule has 1 N–H and O–H groups in total. The first-order valence-electron chi connectivity index (χ1n) is 16.6. The van der Waals surface area contributed by atoms with Crippen LogP contribution in [-0.2, 0) is 32.4 Å². The molecular weight excluding hydrogens is 634 g/mol. The average molecular weight is 680 g/mol. The summed E-state index contributed by atoms with van der Waals surface area (Å²) in [5.74, 6) is 5.40. The van der Waals surface area contributed by atoms with Gasteiger partial charge in [0.2, 0.25) is 0 Å². The summed E-state index contributed by atoms with van der Waals surface area (Å²) in [5.41, 5.74) is 3.03. The molecule has 1 unspecified atom stereocenters. The predicted octanol–water partition coefficient (Wildman–Crippen LogP) is 7.14. The summed E-state index contributed by atoms with van der Waals surface area (Å²) in [7, 11) is -1.72. The number of allylic oxidation sites excluding steroid dienone is 1. The summed E-state index contributed by atoms with van der Waals surface area (Å²) in [6, 6.07) is 11.4. The highest BCUT2D eigenvalue weighted by atomic mass is 35.5. The molecule has 2 amide bonds. The van der Waals surface area contributed by atoms with Crippen molar-refractivity contribution in [2.45, 2.75) is 78.4 Å². The molecule has 4 atom stereocenters. The van der Waals surface area contributed by atoms with Crippen molar-refractivity contribution in [3.63, 3.8) is 0 Å². The zero-order valence-corrected chi connectivity index (χ0v) is 29.4. The molecule has 2 aromatic carbocycles. The lowest BCUT2D eigenvalue weighted by Crippen LogP contribution is -2.43.